The van der Waals surface area contributed by atoms with Crippen LogP contribution in [0.2, 0.25) is 0 Å². The molecule has 1 fully saturated rings. The Morgan fingerprint density at radius 3 is 1.98 bits per heavy atom. The molecule has 0 unspecified atom stereocenters. The van der Waals surface area contributed by atoms with Crippen molar-refractivity contribution in [1.29, 1.82) is 5.41 Å². The molecule has 0 saturated carbocycles. The molecule has 258 valence electrons. The third kappa shape index (κ3) is 16.3. The molecule has 0 spiro atoms. The summed E-state index contributed by atoms with van der Waals surface area (Å²) < 4.78 is 102. The lowest BCUT2D eigenvalue weighted by molar-refractivity contribution is -0.193. The number of hydrogen-bond donors (Lipinski definition) is 6. The summed E-state index contributed by atoms with van der Waals surface area (Å²) in [6, 6.07) is 14.2. The molecule has 1 aliphatic rings. The molecular formula is C27H34F6N4O8S. The van der Waals surface area contributed by atoms with Crippen LogP contribution in [0.15, 0.2) is 48.5 Å². The highest BCUT2D eigenvalue weighted by molar-refractivity contribution is 7.89. The number of carboxylic acid groups (broad SMARTS) is 2. The first-order valence-corrected chi connectivity index (χ1v) is 15.0. The summed E-state index contributed by atoms with van der Waals surface area (Å²) in [5.41, 5.74) is 7.07. The number of nitrogens with two attached hydrogens (primary N) is 1. The quantitative estimate of drug-likeness (QED) is 0.116. The van der Waals surface area contributed by atoms with Gasteiger partial charge in [-0.25, -0.2) is 22.7 Å². The van der Waals surface area contributed by atoms with E-state index >= 15 is 0 Å². The molecule has 19 heteroatoms. The Labute approximate surface area is 260 Å². The van der Waals surface area contributed by atoms with Gasteiger partial charge in [-0.1, -0.05) is 24.3 Å². The summed E-state index contributed by atoms with van der Waals surface area (Å²) >= 11 is 0. The maximum atomic E-state index is 12.2. The Morgan fingerprint density at radius 2 is 1.52 bits per heavy atom. The highest BCUT2D eigenvalue weighted by atomic mass is 32.2. The van der Waals surface area contributed by atoms with E-state index < -0.39 is 40.4 Å². The predicted octanol–water partition coefficient (Wildman–Crippen LogP) is 3.30. The average Bonchev–Trinajstić information content (AvgIpc) is 2.97. The molecule has 46 heavy (non-hydrogen) atoms. The number of piperidine rings is 1. The Bertz CT molecular complexity index is 1360. The minimum atomic E-state index is -5.08. The number of rotatable bonds is 11. The summed E-state index contributed by atoms with van der Waals surface area (Å²) in [5, 5.41) is 25.1. The Balaban J connectivity index is 0.000000629. The molecule has 1 heterocycles. The molecular weight excluding hydrogens is 654 g/mol. The maximum absolute atomic E-state index is 12.2. The van der Waals surface area contributed by atoms with Gasteiger partial charge in [0.05, 0.1) is 11.8 Å². The predicted molar refractivity (Wildman–Crippen MR) is 153 cm³/mol. The van der Waals surface area contributed by atoms with Gasteiger partial charge < -0.3 is 30.7 Å². The Kier molecular flexibility index (Phi) is 15.8. The monoisotopic (exact) mass is 688 g/mol. The van der Waals surface area contributed by atoms with Crippen LogP contribution >= 0.6 is 0 Å². The zero-order chi connectivity index (χ0) is 35.1. The molecule has 3 rings (SSSR count). The number of nitrogens with one attached hydrogen (secondary N) is 3. The molecule has 1 atom stereocenters. The summed E-state index contributed by atoms with van der Waals surface area (Å²) in [5.74, 6) is -4.22. The van der Waals surface area contributed by atoms with Gasteiger partial charge in [-0.3, -0.25) is 5.41 Å². The van der Waals surface area contributed by atoms with Crippen molar-refractivity contribution in [3.8, 4) is 11.5 Å². The van der Waals surface area contributed by atoms with Gasteiger partial charge >= 0.3 is 24.3 Å². The smallest absolute Gasteiger partial charge is 0.490 e. The molecule has 1 saturated heterocycles. The number of nitrogen functional groups attached to an aromatic ring is 1. The molecule has 7 N–H and O–H groups in total. The molecule has 1 aliphatic heterocycles. The Hall–Kier alpha value is -4.10. The van der Waals surface area contributed by atoms with Crippen molar-refractivity contribution < 1.29 is 64.0 Å². The van der Waals surface area contributed by atoms with Crippen LogP contribution < -0.4 is 25.2 Å². The third-order valence-electron chi connectivity index (χ3n) is 5.80. The fraction of sp³-hybridized carbons (Fsp3) is 0.444. The zero-order valence-electron chi connectivity index (χ0n) is 24.3. The second-order valence-electron chi connectivity index (χ2n) is 9.49. The Morgan fingerprint density at radius 1 is 1.00 bits per heavy atom. The number of halogens is 6. The standard InChI is InChI=1S/C23H32N4O4S.2C2HF3O2/c1-2-32(28,29)27-19(16-30-22-5-3-4-18(15-22)23(24)25)14-17-6-8-20(9-7-17)31-21-10-12-26-13-11-21;2*3-2(4,5)1(6)7/h3-9,15,19,21,26-27H,2,10-14,16H2,1H3,(H3,24,25);2*(H,6,7)/t19-;;/m0../s1. The number of carboxylic acids is 2. The van der Waals surface area contributed by atoms with Crippen LogP contribution in [0.25, 0.3) is 0 Å². The van der Waals surface area contributed by atoms with Crippen LogP contribution in [0, 0.1) is 5.41 Å². The van der Waals surface area contributed by atoms with Crippen LogP contribution in [0.3, 0.4) is 0 Å². The van der Waals surface area contributed by atoms with Crippen molar-refractivity contribution in [2.45, 2.75) is 50.7 Å². The van der Waals surface area contributed by atoms with E-state index in [4.69, 9.17) is 40.4 Å². The molecule has 2 aromatic carbocycles. The first-order chi connectivity index (χ1) is 21.2. The summed E-state index contributed by atoms with van der Waals surface area (Å²) in [4.78, 5) is 17.8. The van der Waals surface area contributed by atoms with Gasteiger partial charge in [-0.2, -0.15) is 26.3 Å². The maximum Gasteiger partial charge on any atom is 0.490 e. The van der Waals surface area contributed by atoms with Gasteiger partial charge in [-0.15, -0.1) is 0 Å². The van der Waals surface area contributed by atoms with Crippen LogP contribution in [0.5, 0.6) is 11.5 Å². The lowest BCUT2D eigenvalue weighted by atomic mass is 10.1. The van der Waals surface area contributed by atoms with Crippen molar-refractivity contribution in [3.05, 3.63) is 59.7 Å². The van der Waals surface area contributed by atoms with E-state index in [2.05, 4.69) is 10.0 Å². The largest absolute Gasteiger partial charge is 0.492 e. The number of benzene rings is 2. The topological polar surface area (TPSA) is 201 Å². The number of carbonyl (C=O) groups is 2. The molecule has 0 aromatic heterocycles. The van der Waals surface area contributed by atoms with Crippen molar-refractivity contribution in [3.63, 3.8) is 0 Å². The second kappa shape index (κ2) is 18.1. The van der Waals surface area contributed by atoms with E-state index in [0.29, 0.717) is 17.7 Å². The van der Waals surface area contributed by atoms with Crippen molar-refractivity contribution in [2.75, 3.05) is 25.4 Å². The molecule has 0 bridgehead atoms. The summed E-state index contributed by atoms with van der Waals surface area (Å²) in [6.45, 7) is 3.69. The number of alkyl halides is 6. The van der Waals surface area contributed by atoms with Crippen molar-refractivity contribution in [2.24, 2.45) is 5.73 Å². The SMILES string of the molecule is CCS(=O)(=O)N[C@H](COc1cccc(C(=N)N)c1)Cc1ccc(OC2CCNCC2)cc1.O=C(O)C(F)(F)F.O=C(O)C(F)(F)F. The highest BCUT2D eigenvalue weighted by Gasteiger charge is 2.38. The van der Waals surface area contributed by atoms with E-state index in [1.54, 1.807) is 31.2 Å². The summed E-state index contributed by atoms with van der Waals surface area (Å²) in [7, 11) is -3.41. The fourth-order valence-corrected chi connectivity index (χ4v) is 4.34. The fourth-order valence-electron chi connectivity index (χ4n) is 3.52. The van der Waals surface area contributed by atoms with Gasteiger partial charge in [0, 0.05) is 5.56 Å². The number of aliphatic carboxylic acids is 2. The summed E-state index contributed by atoms with van der Waals surface area (Å²) in [6.07, 6.45) is -7.49. The molecule has 2 aromatic rings. The van der Waals surface area contributed by atoms with Crippen molar-refractivity contribution in [1.82, 2.24) is 10.0 Å². The normalized spacial score (nSPS) is 14.4. The first kappa shape index (κ1) is 39.9. The average molecular weight is 689 g/mol. The molecule has 0 amide bonds. The van der Waals surface area contributed by atoms with E-state index in [1.807, 2.05) is 24.3 Å². The van der Waals surface area contributed by atoms with E-state index in [1.165, 1.54) is 0 Å². The molecule has 12 nitrogen and oxygen atoms in total. The molecule has 0 aliphatic carbocycles. The van der Waals surface area contributed by atoms with Gasteiger partial charge in [0.25, 0.3) is 0 Å². The lowest BCUT2D eigenvalue weighted by Crippen LogP contribution is -2.41. The minimum Gasteiger partial charge on any atom is -0.492 e. The number of amidine groups is 1. The van der Waals surface area contributed by atoms with Crippen LogP contribution in [-0.4, -0.2) is 86.4 Å². The van der Waals surface area contributed by atoms with Gasteiger partial charge in [0.2, 0.25) is 10.0 Å². The van der Waals surface area contributed by atoms with E-state index in [9.17, 15) is 34.8 Å². The minimum absolute atomic E-state index is 0.00759. The van der Waals surface area contributed by atoms with Gasteiger partial charge in [0.1, 0.15) is 30.0 Å². The number of hydrogen-bond acceptors (Lipinski definition) is 8. The van der Waals surface area contributed by atoms with Crippen LogP contribution in [-0.2, 0) is 26.0 Å². The number of sulfonamides is 1. The van der Waals surface area contributed by atoms with Crippen LogP contribution in [0.1, 0.15) is 30.9 Å². The second-order valence-corrected chi connectivity index (χ2v) is 11.5. The zero-order valence-corrected chi connectivity index (χ0v) is 25.1. The lowest BCUT2D eigenvalue weighted by Gasteiger charge is -2.24. The first-order valence-electron chi connectivity index (χ1n) is 13.4. The van der Waals surface area contributed by atoms with Crippen LogP contribution in [0.4, 0.5) is 26.3 Å². The van der Waals surface area contributed by atoms with Crippen molar-refractivity contribution >= 4 is 27.8 Å². The molecule has 0 radical (unpaired) electrons. The van der Waals surface area contributed by atoms with E-state index in [0.717, 1.165) is 37.2 Å². The third-order valence-corrected chi connectivity index (χ3v) is 7.25. The highest BCUT2D eigenvalue weighted by Crippen LogP contribution is 2.19. The van der Waals surface area contributed by atoms with Gasteiger partial charge in [0.15, 0.2) is 0 Å². The number of ether oxygens (including phenoxy) is 2. The van der Waals surface area contributed by atoms with Gasteiger partial charge in [-0.05, 0) is 69.1 Å². The van der Waals surface area contributed by atoms with E-state index in [-0.39, 0.29) is 24.3 Å².